The summed E-state index contributed by atoms with van der Waals surface area (Å²) in [5, 5.41) is 5.64. The van der Waals surface area contributed by atoms with Crippen LogP contribution in [0.5, 0.6) is 0 Å². The second kappa shape index (κ2) is 8.99. The third kappa shape index (κ3) is 4.92. The van der Waals surface area contributed by atoms with Gasteiger partial charge in [-0.25, -0.2) is 4.79 Å². The van der Waals surface area contributed by atoms with Crippen LogP contribution in [0.4, 0.5) is 4.79 Å². The van der Waals surface area contributed by atoms with E-state index in [1.165, 1.54) is 12.0 Å². The molecular weight excluding hydrogens is 392 g/mol. The van der Waals surface area contributed by atoms with E-state index in [1.807, 2.05) is 12.1 Å². The van der Waals surface area contributed by atoms with Crippen molar-refractivity contribution in [3.63, 3.8) is 0 Å². The molecule has 2 aliphatic heterocycles. The Labute approximate surface area is 184 Å². The average molecular weight is 427 g/mol. The fourth-order valence-electron chi connectivity index (χ4n) is 5.48. The Morgan fingerprint density at radius 1 is 1.06 bits per heavy atom. The van der Waals surface area contributed by atoms with Gasteiger partial charge in [0.05, 0.1) is 0 Å². The molecule has 7 heteroatoms. The molecule has 7 nitrogen and oxygen atoms in total. The quantitative estimate of drug-likeness (QED) is 0.685. The summed E-state index contributed by atoms with van der Waals surface area (Å²) in [4.78, 5) is 40.8. The van der Waals surface area contributed by atoms with Gasteiger partial charge >= 0.3 is 6.03 Å². The number of likely N-dealkylation sites (tertiary alicyclic amines) is 1. The van der Waals surface area contributed by atoms with E-state index < -0.39 is 11.6 Å². The molecule has 168 valence electrons. The number of nitrogens with zero attached hydrogens (tertiary/aromatic N) is 2. The highest BCUT2D eigenvalue weighted by Crippen LogP contribution is 2.34. The Morgan fingerprint density at radius 3 is 2.32 bits per heavy atom. The molecular formula is C24H34N4O3. The minimum absolute atomic E-state index is 0.226. The number of amides is 4. The number of carbonyl (C=O) groups is 3. The molecule has 4 rings (SSSR count). The van der Waals surface area contributed by atoms with E-state index in [0.29, 0.717) is 19.4 Å². The topological polar surface area (TPSA) is 81.8 Å². The van der Waals surface area contributed by atoms with Crippen LogP contribution in [0, 0.1) is 11.8 Å². The van der Waals surface area contributed by atoms with Crippen molar-refractivity contribution in [3.8, 4) is 0 Å². The fourth-order valence-corrected chi connectivity index (χ4v) is 5.48. The lowest BCUT2D eigenvalue weighted by atomic mass is 9.91. The summed E-state index contributed by atoms with van der Waals surface area (Å²) in [7, 11) is 0. The third-order valence-corrected chi connectivity index (χ3v) is 6.87. The number of imide groups is 1. The highest BCUT2D eigenvalue weighted by molar-refractivity contribution is 6.09. The lowest BCUT2D eigenvalue weighted by Gasteiger charge is -2.35. The molecule has 31 heavy (non-hydrogen) atoms. The maximum atomic E-state index is 12.6. The van der Waals surface area contributed by atoms with Gasteiger partial charge in [0, 0.05) is 26.2 Å². The zero-order valence-electron chi connectivity index (χ0n) is 18.7. The second-order valence-electron chi connectivity index (χ2n) is 9.84. The van der Waals surface area contributed by atoms with Crippen LogP contribution in [0.3, 0.4) is 0 Å². The predicted octanol–water partition coefficient (Wildman–Crippen LogP) is 2.65. The number of rotatable bonds is 6. The Kier molecular flexibility index (Phi) is 6.32. The molecule has 2 unspecified atom stereocenters. The lowest BCUT2D eigenvalue weighted by Crippen LogP contribution is -2.45. The third-order valence-electron chi connectivity index (χ3n) is 6.87. The Bertz CT molecular complexity index is 822. The summed E-state index contributed by atoms with van der Waals surface area (Å²) in [5.41, 5.74) is 1.51. The van der Waals surface area contributed by atoms with Gasteiger partial charge in [0.2, 0.25) is 5.91 Å². The summed E-state index contributed by atoms with van der Waals surface area (Å²) in [6, 6.07) is 7.86. The smallest absolute Gasteiger partial charge is 0.325 e. The van der Waals surface area contributed by atoms with Crippen molar-refractivity contribution in [1.29, 1.82) is 0 Å². The van der Waals surface area contributed by atoms with Crippen molar-refractivity contribution in [2.24, 2.45) is 11.8 Å². The highest BCUT2D eigenvalue weighted by Gasteiger charge is 2.52. The maximum Gasteiger partial charge on any atom is 0.325 e. The standard InChI is InChI=1S/C24H34N4O3/c1-17-11-18(2)14-27(13-17)15-20-7-5-19(6-8-20)12-25-21(29)16-28-22(30)24(26-23(28)31)9-3-4-10-24/h5-8,17-18H,3-4,9-16H2,1-2H3,(H,25,29)(H,26,31). The van der Waals surface area contributed by atoms with Crippen LogP contribution in [0.25, 0.3) is 0 Å². The van der Waals surface area contributed by atoms with Crippen molar-refractivity contribution in [2.45, 2.75) is 64.6 Å². The van der Waals surface area contributed by atoms with Gasteiger partial charge in [0.25, 0.3) is 5.91 Å². The van der Waals surface area contributed by atoms with E-state index >= 15 is 0 Å². The number of piperidine rings is 1. The minimum atomic E-state index is -0.767. The van der Waals surface area contributed by atoms with Crippen molar-refractivity contribution >= 4 is 17.8 Å². The molecule has 0 radical (unpaired) electrons. The van der Waals surface area contributed by atoms with Crippen molar-refractivity contribution in [3.05, 3.63) is 35.4 Å². The first-order valence-electron chi connectivity index (χ1n) is 11.6. The van der Waals surface area contributed by atoms with Gasteiger partial charge in [-0.3, -0.25) is 19.4 Å². The van der Waals surface area contributed by atoms with Crippen LogP contribution in [0.15, 0.2) is 24.3 Å². The molecule has 3 fully saturated rings. The molecule has 2 N–H and O–H groups in total. The fraction of sp³-hybridized carbons (Fsp3) is 0.625. The molecule has 1 aromatic rings. The Balaban J connectivity index is 1.25. The van der Waals surface area contributed by atoms with Gasteiger partial charge in [-0.15, -0.1) is 0 Å². The van der Waals surface area contributed by atoms with Crippen LogP contribution in [0.1, 0.15) is 57.1 Å². The first-order chi connectivity index (χ1) is 14.8. The largest absolute Gasteiger partial charge is 0.350 e. The number of benzene rings is 1. The predicted molar refractivity (Wildman–Crippen MR) is 118 cm³/mol. The van der Waals surface area contributed by atoms with Gasteiger partial charge in [0.15, 0.2) is 0 Å². The molecule has 1 aromatic carbocycles. The number of urea groups is 1. The van der Waals surface area contributed by atoms with Gasteiger partial charge in [-0.1, -0.05) is 51.0 Å². The van der Waals surface area contributed by atoms with Gasteiger partial charge in [0.1, 0.15) is 12.1 Å². The van der Waals surface area contributed by atoms with E-state index in [9.17, 15) is 14.4 Å². The molecule has 0 aromatic heterocycles. The van der Waals surface area contributed by atoms with Crippen LogP contribution in [0.2, 0.25) is 0 Å². The van der Waals surface area contributed by atoms with Crippen LogP contribution in [-0.2, 0) is 22.7 Å². The highest BCUT2D eigenvalue weighted by atomic mass is 16.2. The molecule has 4 amide bonds. The van der Waals surface area contributed by atoms with Gasteiger partial charge < -0.3 is 10.6 Å². The SMILES string of the molecule is CC1CC(C)CN(Cc2ccc(CNC(=O)CN3C(=O)NC4(CCCC4)C3=O)cc2)C1. The van der Waals surface area contributed by atoms with Gasteiger partial charge in [-0.2, -0.15) is 0 Å². The maximum absolute atomic E-state index is 12.6. The zero-order valence-corrected chi connectivity index (χ0v) is 18.7. The summed E-state index contributed by atoms with van der Waals surface area (Å²) >= 11 is 0. The molecule has 2 saturated heterocycles. The second-order valence-corrected chi connectivity index (χ2v) is 9.84. The summed E-state index contributed by atoms with van der Waals surface area (Å²) in [5.74, 6) is 0.910. The zero-order chi connectivity index (χ0) is 22.0. The number of nitrogens with one attached hydrogen (secondary N) is 2. The molecule has 2 atom stereocenters. The van der Waals surface area contributed by atoms with E-state index in [4.69, 9.17) is 0 Å². The summed E-state index contributed by atoms with van der Waals surface area (Å²) in [6.45, 7) is 8.04. The van der Waals surface area contributed by atoms with E-state index in [0.717, 1.165) is 54.8 Å². The Morgan fingerprint density at radius 2 is 1.68 bits per heavy atom. The first kappa shape index (κ1) is 21.8. The van der Waals surface area contributed by atoms with Gasteiger partial charge in [-0.05, 0) is 42.2 Å². The average Bonchev–Trinajstić information content (AvgIpc) is 3.27. The molecule has 1 aliphatic carbocycles. The summed E-state index contributed by atoms with van der Waals surface area (Å²) < 4.78 is 0. The van der Waals surface area contributed by atoms with Crippen LogP contribution in [-0.4, -0.2) is 52.8 Å². The monoisotopic (exact) mass is 426 g/mol. The number of hydrogen-bond acceptors (Lipinski definition) is 4. The molecule has 1 spiro atoms. The number of hydrogen-bond donors (Lipinski definition) is 2. The summed E-state index contributed by atoms with van der Waals surface area (Å²) in [6.07, 6.45) is 4.49. The Hall–Kier alpha value is -2.41. The molecule has 1 saturated carbocycles. The lowest BCUT2D eigenvalue weighted by molar-refractivity contribution is -0.134. The molecule has 2 heterocycles. The van der Waals surface area contributed by atoms with Crippen molar-refractivity contribution < 1.29 is 14.4 Å². The minimum Gasteiger partial charge on any atom is -0.350 e. The van der Waals surface area contributed by atoms with E-state index in [2.05, 4.69) is 41.5 Å². The van der Waals surface area contributed by atoms with Crippen molar-refractivity contribution in [1.82, 2.24) is 20.4 Å². The van der Waals surface area contributed by atoms with E-state index in [-0.39, 0.29) is 18.4 Å². The normalized spacial score (nSPS) is 25.8. The first-order valence-corrected chi connectivity index (χ1v) is 11.6. The van der Waals surface area contributed by atoms with E-state index in [1.54, 1.807) is 0 Å². The van der Waals surface area contributed by atoms with Crippen LogP contribution >= 0.6 is 0 Å². The molecule has 3 aliphatic rings. The number of carbonyl (C=O) groups excluding carboxylic acids is 3. The van der Waals surface area contributed by atoms with Crippen LogP contribution < -0.4 is 10.6 Å². The molecule has 0 bridgehead atoms. The van der Waals surface area contributed by atoms with Crippen molar-refractivity contribution in [2.75, 3.05) is 19.6 Å².